The van der Waals surface area contributed by atoms with Crippen LogP contribution in [0.3, 0.4) is 0 Å². The molecule has 1 aromatic rings. The maximum atomic E-state index is 13.0. The van der Waals surface area contributed by atoms with E-state index in [1.54, 1.807) is 12.1 Å². The van der Waals surface area contributed by atoms with Gasteiger partial charge in [0.1, 0.15) is 5.78 Å². The summed E-state index contributed by atoms with van der Waals surface area (Å²) in [5.41, 5.74) is 0.484. The first-order valence-corrected chi connectivity index (χ1v) is 8.43. The number of carbonyl (C=O) groups is 1. The van der Waals surface area contributed by atoms with E-state index in [1.165, 1.54) is 0 Å². The van der Waals surface area contributed by atoms with Crippen LogP contribution in [-0.4, -0.2) is 52.0 Å². The van der Waals surface area contributed by atoms with Crippen molar-refractivity contribution in [1.82, 2.24) is 9.80 Å². The number of carbonyl (C=O) groups excluding carboxylic acids is 1. The average molecular weight is 316 g/mol. The number of phenols is 2. The highest BCUT2D eigenvalue weighted by molar-refractivity contribution is 5.93. The van der Waals surface area contributed by atoms with Crippen LogP contribution in [0.25, 0.3) is 0 Å². The molecule has 2 N–H and O–H groups in total. The molecule has 0 radical (unpaired) electrons. The molecule has 5 nitrogen and oxygen atoms in total. The fraction of sp³-hybridized carbons (Fsp3) is 0.611. The lowest BCUT2D eigenvalue weighted by Gasteiger charge is -2.65. The van der Waals surface area contributed by atoms with E-state index in [1.807, 2.05) is 6.07 Å². The lowest BCUT2D eigenvalue weighted by molar-refractivity contribution is -0.201. The minimum Gasteiger partial charge on any atom is -0.504 e. The summed E-state index contributed by atoms with van der Waals surface area (Å²) in [5, 5.41) is 19.4. The third-order valence-corrected chi connectivity index (χ3v) is 5.86. The molecule has 4 aliphatic rings. The number of aromatic hydroxyl groups is 2. The summed E-state index contributed by atoms with van der Waals surface area (Å²) in [7, 11) is 0. The van der Waals surface area contributed by atoms with Gasteiger partial charge in [-0.05, 0) is 24.1 Å². The predicted molar refractivity (Wildman–Crippen MR) is 86.1 cm³/mol. The van der Waals surface area contributed by atoms with Crippen molar-refractivity contribution >= 4 is 5.78 Å². The van der Waals surface area contributed by atoms with Crippen molar-refractivity contribution < 1.29 is 15.0 Å². The number of hydrogen-bond donors (Lipinski definition) is 2. The average Bonchev–Trinajstić information content (AvgIpc) is 2.47. The summed E-state index contributed by atoms with van der Waals surface area (Å²) < 4.78 is 0. The molecule has 4 saturated heterocycles. The van der Waals surface area contributed by atoms with Gasteiger partial charge in [-0.1, -0.05) is 26.3 Å². The number of Topliss-reactive ketones (excluding diaryl/α,β-unsaturated/α-hetero) is 1. The largest absolute Gasteiger partial charge is 0.504 e. The quantitative estimate of drug-likeness (QED) is 0.836. The Labute approximate surface area is 136 Å². The van der Waals surface area contributed by atoms with Gasteiger partial charge in [-0.25, -0.2) is 0 Å². The van der Waals surface area contributed by atoms with Crippen LogP contribution in [0.1, 0.15) is 38.4 Å². The molecule has 124 valence electrons. The van der Waals surface area contributed by atoms with Crippen LogP contribution < -0.4 is 0 Å². The van der Waals surface area contributed by atoms with Gasteiger partial charge in [0.05, 0.1) is 17.0 Å². The maximum Gasteiger partial charge on any atom is 0.157 e. The standard InChI is InChI=1S/C18H24N2O3/c1-3-6-18-10-19-8-17(2,16(18)23)9-20(11-18)15(19)12-4-5-13(21)14(22)7-12/h4-5,7,15,21-22H,3,6,8-11H2,1-2H3. The Kier molecular flexibility index (Phi) is 3.06. The fourth-order valence-electron chi connectivity index (χ4n) is 5.26. The van der Waals surface area contributed by atoms with Crippen molar-refractivity contribution in [1.29, 1.82) is 0 Å². The molecule has 5 heteroatoms. The molecule has 4 bridgehead atoms. The van der Waals surface area contributed by atoms with Gasteiger partial charge >= 0.3 is 0 Å². The van der Waals surface area contributed by atoms with Crippen LogP contribution in [0.5, 0.6) is 11.5 Å². The van der Waals surface area contributed by atoms with Gasteiger partial charge in [0.25, 0.3) is 0 Å². The van der Waals surface area contributed by atoms with Gasteiger partial charge < -0.3 is 10.2 Å². The molecule has 0 saturated carbocycles. The van der Waals surface area contributed by atoms with Gasteiger partial charge in [0.2, 0.25) is 0 Å². The van der Waals surface area contributed by atoms with E-state index in [4.69, 9.17) is 0 Å². The number of rotatable bonds is 3. The molecule has 0 spiro atoms. The first-order chi connectivity index (χ1) is 10.9. The van der Waals surface area contributed by atoms with Gasteiger partial charge in [-0.2, -0.15) is 0 Å². The van der Waals surface area contributed by atoms with Crippen molar-refractivity contribution in [3.05, 3.63) is 23.8 Å². The highest BCUT2D eigenvalue weighted by Gasteiger charge is 2.63. The van der Waals surface area contributed by atoms with Crippen LogP contribution in [-0.2, 0) is 4.79 Å². The maximum absolute atomic E-state index is 13.0. The molecule has 4 aliphatic heterocycles. The van der Waals surface area contributed by atoms with Gasteiger partial charge in [0.15, 0.2) is 11.5 Å². The zero-order chi connectivity index (χ0) is 16.4. The van der Waals surface area contributed by atoms with Crippen molar-refractivity contribution in [2.24, 2.45) is 10.8 Å². The minimum absolute atomic E-state index is 0.0794. The zero-order valence-corrected chi connectivity index (χ0v) is 13.7. The Balaban J connectivity index is 1.73. The molecule has 0 aromatic heterocycles. The summed E-state index contributed by atoms with van der Waals surface area (Å²) in [6.45, 7) is 7.41. The molecule has 2 atom stereocenters. The van der Waals surface area contributed by atoms with E-state index < -0.39 is 0 Å². The molecule has 0 aliphatic carbocycles. The Morgan fingerprint density at radius 1 is 1.13 bits per heavy atom. The molecular weight excluding hydrogens is 292 g/mol. The minimum atomic E-state index is -0.277. The molecule has 1 aromatic carbocycles. The van der Waals surface area contributed by atoms with E-state index >= 15 is 0 Å². The van der Waals surface area contributed by atoms with Crippen LogP contribution in [0, 0.1) is 10.8 Å². The Morgan fingerprint density at radius 2 is 1.78 bits per heavy atom. The number of benzene rings is 1. The van der Waals surface area contributed by atoms with E-state index in [9.17, 15) is 15.0 Å². The number of piperidine rings is 2. The fourth-order valence-corrected chi connectivity index (χ4v) is 5.26. The zero-order valence-electron chi connectivity index (χ0n) is 13.7. The molecule has 2 unspecified atom stereocenters. The van der Waals surface area contributed by atoms with E-state index in [2.05, 4.69) is 23.6 Å². The Hall–Kier alpha value is -1.59. The van der Waals surface area contributed by atoms with Crippen molar-refractivity contribution in [2.45, 2.75) is 32.9 Å². The van der Waals surface area contributed by atoms with Crippen LogP contribution >= 0.6 is 0 Å². The van der Waals surface area contributed by atoms with Crippen molar-refractivity contribution in [3.8, 4) is 11.5 Å². The smallest absolute Gasteiger partial charge is 0.157 e. The normalized spacial score (nSPS) is 41.5. The summed E-state index contributed by atoms with van der Waals surface area (Å²) in [6.07, 6.45) is 2.06. The number of hydrogen-bond acceptors (Lipinski definition) is 5. The van der Waals surface area contributed by atoms with E-state index in [-0.39, 0.29) is 28.5 Å². The SMILES string of the molecule is CCCC12CN3CC(C)(CN(C1)C3c1ccc(O)c(O)c1)C2=O. The summed E-state index contributed by atoms with van der Waals surface area (Å²) in [4.78, 5) is 17.8. The Morgan fingerprint density at radius 3 is 2.35 bits per heavy atom. The highest BCUT2D eigenvalue weighted by Crippen LogP contribution is 2.54. The lowest BCUT2D eigenvalue weighted by atomic mass is 9.59. The number of phenolic OH excluding ortho intramolecular Hbond substituents is 2. The molecule has 4 fully saturated rings. The van der Waals surface area contributed by atoms with Crippen LogP contribution in [0.4, 0.5) is 0 Å². The van der Waals surface area contributed by atoms with E-state index in [0.29, 0.717) is 5.78 Å². The van der Waals surface area contributed by atoms with Crippen molar-refractivity contribution in [3.63, 3.8) is 0 Å². The Bertz CT molecular complexity index is 656. The van der Waals surface area contributed by atoms with Gasteiger partial charge in [0, 0.05) is 26.2 Å². The van der Waals surface area contributed by atoms with Crippen molar-refractivity contribution in [2.75, 3.05) is 26.2 Å². The first kappa shape index (κ1) is 15.0. The molecule has 5 rings (SSSR count). The van der Waals surface area contributed by atoms with Gasteiger partial charge in [-0.15, -0.1) is 0 Å². The topological polar surface area (TPSA) is 64.0 Å². The number of ketones is 1. The second kappa shape index (κ2) is 4.71. The monoisotopic (exact) mass is 316 g/mol. The first-order valence-electron chi connectivity index (χ1n) is 8.43. The second-order valence-electron chi connectivity index (χ2n) is 7.85. The summed E-state index contributed by atoms with van der Waals surface area (Å²) in [5.74, 6) is 0.280. The molecule has 4 heterocycles. The van der Waals surface area contributed by atoms with E-state index in [0.717, 1.165) is 44.6 Å². The molecule has 23 heavy (non-hydrogen) atoms. The third kappa shape index (κ3) is 1.96. The van der Waals surface area contributed by atoms with Crippen LogP contribution in [0.2, 0.25) is 0 Å². The summed E-state index contributed by atoms with van der Waals surface area (Å²) >= 11 is 0. The highest BCUT2D eigenvalue weighted by atomic mass is 16.3. The second-order valence-corrected chi connectivity index (χ2v) is 7.85. The summed E-state index contributed by atoms with van der Waals surface area (Å²) in [6, 6.07) is 5.07. The van der Waals surface area contributed by atoms with Crippen LogP contribution in [0.15, 0.2) is 18.2 Å². The lowest BCUT2D eigenvalue weighted by Crippen LogP contribution is -2.76. The predicted octanol–water partition coefficient (Wildman–Crippen LogP) is 2.10. The molecular formula is C18H24N2O3. The molecule has 0 amide bonds. The number of nitrogens with zero attached hydrogens (tertiary/aromatic N) is 2. The van der Waals surface area contributed by atoms with Gasteiger partial charge in [-0.3, -0.25) is 14.6 Å². The third-order valence-electron chi connectivity index (χ3n) is 5.86.